The zero-order valence-electron chi connectivity index (χ0n) is 17.4. The second kappa shape index (κ2) is 10.7. The molecule has 166 valence electrons. The summed E-state index contributed by atoms with van der Waals surface area (Å²) in [7, 11) is 0. The second-order valence-corrected chi connectivity index (χ2v) is 9.49. The van der Waals surface area contributed by atoms with Gasteiger partial charge in [0, 0.05) is 42.8 Å². The number of rotatable bonds is 6. The maximum absolute atomic E-state index is 13.0. The Bertz CT molecular complexity index is 1100. The minimum atomic E-state index is 0.0588. The molecule has 0 atom stereocenters. The van der Waals surface area contributed by atoms with E-state index in [4.69, 9.17) is 27.9 Å². The molecule has 1 aliphatic heterocycles. The van der Waals surface area contributed by atoms with Crippen molar-refractivity contribution in [2.45, 2.75) is 13.2 Å². The summed E-state index contributed by atoms with van der Waals surface area (Å²) in [4.78, 5) is 17.3. The Kier molecular flexibility index (Phi) is 7.74. The zero-order chi connectivity index (χ0) is 22.5. The lowest BCUT2D eigenvalue weighted by molar-refractivity contribution is 0.0628. The number of benzene rings is 3. The molecule has 0 aliphatic carbocycles. The number of hydrogen-bond acceptors (Lipinski definition) is 3. The number of carbonyl (C=O) groups excluding carboxylic acids is 1. The van der Waals surface area contributed by atoms with Crippen LogP contribution in [-0.2, 0) is 13.2 Å². The fraction of sp³-hybridized carbons (Fsp3) is 0.240. The van der Waals surface area contributed by atoms with Gasteiger partial charge in [-0.3, -0.25) is 9.69 Å². The summed E-state index contributed by atoms with van der Waals surface area (Å²) in [5.74, 6) is 0.845. The molecule has 0 N–H and O–H groups in total. The van der Waals surface area contributed by atoms with Crippen LogP contribution in [0.5, 0.6) is 5.75 Å². The highest BCUT2D eigenvalue weighted by Crippen LogP contribution is 2.24. The topological polar surface area (TPSA) is 32.8 Å². The van der Waals surface area contributed by atoms with Crippen LogP contribution in [-0.4, -0.2) is 41.9 Å². The Morgan fingerprint density at radius 3 is 2.41 bits per heavy atom. The monoisotopic (exact) mass is 532 g/mol. The molecule has 1 aliphatic rings. The molecule has 0 spiro atoms. The van der Waals surface area contributed by atoms with Crippen molar-refractivity contribution in [1.29, 1.82) is 0 Å². The third kappa shape index (κ3) is 6.04. The van der Waals surface area contributed by atoms with E-state index in [0.717, 1.165) is 41.0 Å². The van der Waals surface area contributed by atoms with Crippen molar-refractivity contribution >= 4 is 45.0 Å². The molecule has 7 heteroatoms. The summed E-state index contributed by atoms with van der Waals surface area (Å²) in [6, 6.07) is 21.1. The van der Waals surface area contributed by atoms with E-state index in [1.54, 1.807) is 0 Å². The van der Waals surface area contributed by atoms with Crippen LogP contribution in [0.2, 0.25) is 10.0 Å². The summed E-state index contributed by atoms with van der Waals surface area (Å²) in [6.45, 7) is 4.23. The van der Waals surface area contributed by atoms with Crippen molar-refractivity contribution in [3.8, 4) is 5.75 Å². The van der Waals surface area contributed by atoms with E-state index in [1.165, 1.54) is 0 Å². The van der Waals surface area contributed by atoms with Gasteiger partial charge in [0.1, 0.15) is 12.4 Å². The highest BCUT2D eigenvalue weighted by atomic mass is 79.9. The summed E-state index contributed by atoms with van der Waals surface area (Å²) in [5, 5.41) is 1.14. The standard InChI is InChI=1S/C25H23BrCl2N2O2/c26-21-5-2-6-22(15-21)32-17-19-3-1-4-20(13-19)25(31)30-11-9-29(10-12-30)16-18-7-8-23(27)24(28)14-18/h1-8,13-15H,9-12,16-17H2. The number of carbonyl (C=O) groups is 1. The van der Waals surface area contributed by atoms with Crippen molar-refractivity contribution in [2.24, 2.45) is 0 Å². The van der Waals surface area contributed by atoms with E-state index in [2.05, 4.69) is 20.8 Å². The quantitative estimate of drug-likeness (QED) is 0.373. The minimum Gasteiger partial charge on any atom is -0.489 e. The number of ether oxygens (including phenoxy) is 1. The molecule has 0 radical (unpaired) electrons. The van der Waals surface area contributed by atoms with E-state index in [9.17, 15) is 4.79 Å². The third-order valence-electron chi connectivity index (χ3n) is 5.43. The molecule has 0 bridgehead atoms. The fourth-order valence-electron chi connectivity index (χ4n) is 3.71. The van der Waals surface area contributed by atoms with E-state index < -0.39 is 0 Å². The predicted molar refractivity (Wildman–Crippen MR) is 133 cm³/mol. The number of halogens is 3. The summed E-state index contributed by atoms with van der Waals surface area (Å²) in [6.07, 6.45) is 0. The van der Waals surface area contributed by atoms with Gasteiger partial charge in [-0.1, -0.05) is 63.4 Å². The minimum absolute atomic E-state index is 0.0588. The lowest BCUT2D eigenvalue weighted by Gasteiger charge is -2.35. The van der Waals surface area contributed by atoms with Crippen LogP contribution in [0.25, 0.3) is 0 Å². The molecule has 0 unspecified atom stereocenters. The van der Waals surface area contributed by atoms with Gasteiger partial charge in [0.15, 0.2) is 0 Å². The average Bonchev–Trinajstić information content (AvgIpc) is 2.80. The molecular formula is C25H23BrCl2N2O2. The van der Waals surface area contributed by atoms with Gasteiger partial charge in [0.05, 0.1) is 10.0 Å². The van der Waals surface area contributed by atoms with Gasteiger partial charge in [-0.15, -0.1) is 0 Å². The predicted octanol–water partition coefficient (Wildman–Crippen LogP) is 6.29. The lowest BCUT2D eigenvalue weighted by atomic mass is 10.1. The van der Waals surface area contributed by atoms with Gasteiger partial charge in [0.25, 0.3) is 5.91 Å². The molecule has 1 fully saturated rings. The summed E-state index contributed by atoms with van der Waals surface area (Å²) in [5.41, 5.74) is 2.78. The average molecular weight is 534 g/mol. The van der Waals surface area contributed by atoms with Crippen molar-refractivity contribution in [1.82, 2.24) is 9.80 Å². The maximum Gasteiger partial charge on any atom is 0.253 e. The molecule has 1 amide bonds. The van der Waals surface area contributed by atoms with Crippen molar-refractivity contribution in [3.63, 3.8) is 0 Å². The van der Waals surface area contributed by atoms with Crippen molar-refractivity contribution in [2.75, 3.05) is 26.2 Å². The van der Waals surface area contributed by atoms with Crippen LogP contribution in [0.3, 0.4) is 0 Å². The van der Waals surface area contributed by atoms with Crippen LogP contribution in [0.15, 0.2) is 71.2 Å². The Morgan fingerprint density at radius 2 is 1.66 bits per heavy atom. The van der Waals surface area contributed by atoms with Gasteiger partial charge in [-0.05, 0) is 53.6 Å². The van der Waals surface area contributed by atoms with E-state index in [-0.39, 0.29) is 5.91 Å². The highest BCUT2D eigenvalue weighted by Gasteiger charge is 2.22. The van der Waals surface area contributed by atoms with Gasteiger partial charge in [0.2, 0.25) is 0 Å². The number of amides is 1. The zero-order valence-corrected chi connectivity index (χ0v) is 20.5. The largest absolute Gasteiger partial charge is 0.489 e. The fourth-order valence-corrected chi connectivity index (χ4v) is 4.40. The smallest absolute Gasteiger partial charge is 0.253 e. The van der Waals surface area contributed by atoms with Gasteiger partial charge in [-0.25, -0.2) is 0 Å². The summed E-state index contributed by atoms with van der Waals surface area (Å²) >= 11 is 15.6. The SMILES string of the molecule is O=C(c1cccc(COc2cccc(Br)c2)c1)N1CCN(Cc2ccc(Cl)c(Cl)c2)CC1. The Balaban J connectivity index is 1.31. The second-order valence-electron chi connectivity index (χ2n) is 7.76. The first kappa shape index (κ1) is 23.1. The van der Waals surface area contributed by atoms with Gasteiger partial charge in [-0.2, -0.15) is 0 Å². The molecule has 4 nitrogen and oxygen atoms in total. The molecule has 0 saturated carbocycles. The number of hydrogen-bond donors (Lipinski definition) is 0. The van der Waals surface area contributed by atoms with E-state index in [0.29, 0.717) is 35.3 Å². The van der Waals surface area contributed by atoms with Crippen LogP contribution in [0, 0.1) is 0 Å². The van der Waals surface area contributed by atoms with Crippen molar-refractivity contribution < 1.29 is 9.53 Å². The summed E-state index contributed by atoms with van der Waals surface area (Å²) < 4.78 is 6.83. The first-order chi connectivity index (χ1) is 15.5. The Hall–Kier alpha value is -2.05. The third-order valence-corrected chi connectivity index (χ3v) is 6.66. The van der Waals surface area contributed by atoms with Gasteiger partial charge >= 0.3 is 0 Å². The lowest BCUT2D eigenvalue weighted by Crippen LogP contribution is -2.48. The molecule has 32 heavy (non-hydrogen) atoms. The Labute approximate surface area is 206 Å². The molecular weight excluding hydrogens is 511 g/mol. The molecule has 1 heterocycles. The van der Waals surface area contributed by atoms with Crippen LogP contribution in [0.4, 0.5) is 0 Å². The number of nitrogens with zero attached hydrogens (tertiary/aromatic N) is 2. The first-order valence-electron chi connectivity index (χ1n) is 10.4. The molecule has 1 saturated heterocycles. The highest BCUT2D eigenvalue weighted by molar-refractivity contribution is 9.10. The normalized spacial score (nSPS) is 14.4. The molecule has 3 aromatic rings. The van der Waals surface area contributed by atoms with E-state index >= 15 is 0 Å². The number of piperazine rings is 1. The first-order valence-corrected chi connectivity index (χ1v) is 12.0. The Morgan fingerprint density at radius 1 is 0.875 bits per heavy atom. The maximum atomic E-state index is 13.0. The molecule has 4 rings (SSSR count). The van der Waals surface area contributed by atoms with Gasteiger partial charge < -0.3 is 9.64 Å². The molecule has 3 aromatic carbocycles. The van der Waals surface area contributed by atoms with Crippen LogP contribution < -0.4 is 4.74 Å². The molecule has 0 aromatic heterocycles. The van der Waals surface area contributed by atoms with E-state index in [1.807, 2.05) is 71.6 Å². The van der Waals surface area contributed by atoms with Crippen molar-refractivity contribution in [3.05, 3.63) is 97.9 Å². The van der Waals surface area contributed by atoms with Crippen LogP contribution >= 0.6 is 39.1 Å². The van der Waals surface area contributed by atoms with Crippen LogP contribution in [0.1, 0.15) is 21.5 Å².